The monoisotopic (exact) mass is 554 g/mol. The van der Waals surface area contributed by atoms with Crippen molar-refractivity contribution in [2.75, 3.05) is 13.2 Å². The molecule has 0 radical (unpaired) electrons. The van der Waals surface area contributed by atoms with Crippen LogP contribution in [0.1, 0.15) is 139 Å². The lowest BCUT2D eigenvalue weighted by atomic mass is 9.83. The fraction of sp³-hybridized carbons (Fsp3) is 0.600. The average Bonchev–Trinajstić information content (AvgIpc) is 3.02. The van der Waals surface area contributed by atoms with Crippen LogP contribution in [0.2, 0.25) is 0 Å². The van der Waals surface area contributed by atoms with Gasteiger partial charge in [-0.3, -0.25) is 0 Å². The quantitative estimate of drug-likeness (QED) is 0.187. The topological polar surface area (TPSA) is 9.23 Å². The molecule has 1 heteroatoms. The van der Waals surface area contributed by atoms with Crippen molar-refractivity contribution in [2.24, 2.45) is 11.8 Å². The average molecular weight is 555 g/mol. The lowest BCUT2D eigenvalue weighted by Crippen LogP contribution is -2.11. The lowest BCUT2D eigenvalue weighted by molar-refractivity contribution is 0.172. The van der Waals surface area contributed by atoms with Crippen LogP contribution in [0.3, 0.4) is 0 Å². The Morgan fingerprint density at radius 2 is 1.02 bits per heavy atom. The zero-order valence-corrected chi connectivity index (χ0v) is 26.8. The van der Waals surface area contributed by atoms with Crippen molar-refractivity contribution < 1.29 is 4.74 Å². The van der Waals surface area contributed by atoms with Gasteiger partial charge in [-0.1, -0.05) is 127 Å². The van der Waals surface area contributed by atoms with Gasteiger partial charge < -0.3 is 4.74 Å². The minimum Gasteiger partial charge on any atom is -0.373 e. The van der Waals surface area contributed by atoms with E-state index < -0.39 is 0 Å². The summed E-state index contributed by atoms with van der Waals surface area (Å²) >= 11 is 0. The fourth-order valence-corrected chi connectivity index (χ4v) is 7.19. The zero-order valence-electron chi connectivity index (χ0n) is 26.8. The summed E-state index contributed by atoms with van der Waals surface area (Å²) < 4.78 is 6.22. The van der Waals surface area contributed by atoms with Gasteiger partial charge in [0.15, 0.2) is 0 Å². The largest absolute Gasteiger partial charge is 0.373 e. The minimum atomic E-state index is 0.668. The van der Waals surface area contributed by atoms with Crippen LogP contribution in [-0.4, -0.2) is 13.2 Å². The standard InChI is InChI=1S/C40H58O/c1-5-9-31(7-3)27-33-11-19-37(20-12-33)39-23-15-35(16-24-39)29-41-30-36-17-25-40(26-18-36)38-21-13-34(14-22-38)28-32(8-4)10-6-2/h11-15,17,19-22,31-32,39-40H,5-10,16,18,23-30H2,1-4H3. The summed E-state index contributed by atoms with van der Waals surface area (Å²) in [4.78, 5) is 0. The first-order valence-electron chi connectivity index (χ1n) is 17.2. The molecule has 224 valence electrons. The van der Waals surface area contributed by atoms with Crippen molar-refractivity contribution in [3.63, 3.8) is 0 Å². The predicted molar refractivity (Wildman–Crippen MR) is 178 cm³/mol. The molecule has 0 aromatic heterocycles. The van der Waals surface area contributed by atoms with E-state index in [2.05, 4.69) is 88.4 Å². The van der Waals surface area contributed by atoms with Crippen molar-refractivity contribution in [3.05, 3.63) is 94.1 Å². The van der Waals surface area contributed by atoms with Crippen LogP contribution in [0, 0.1) is 11.8 Å². The highest BCUT2D eigenvalue weighted by molar-refractivity contribution is 5.29. The van der Waals surface area contributed by atoms with Gasteiger partial charge in [0, 0.05) is 0 Å². The van der Waals surface area contributed by atoms with Gasteiger partial charge >= 0.3 is 0 Å². The number of rotatable bonds is 16. The Bertz CT molecular complexity index is 985. The van der Waals surface area contributed by atoms with E-state index in [1.807, 2.05) is 0 Å². The van der Waals surface area contributed by atoms with Crippen molar-refractivity contribution in [1.82, 2.24) is 0 Å². The third-order valence-corrected chi connectivity index (χ3v) is 10.1. The molecule has 2 aromatic rings. The van der Waals surface area contributed by atoms with E-state index in [1.165, 1.54) is 110 Å². The molecule has 4 atom stereocenters. The molecule has 2 aliphatic carbocycles. The number of allylic oxidation sites excluding steroid dienone is 2. The summed E-state index contributed by atoms with van der Waals surface area (Å²) in [6, 6.07) is 19.2. The van der Waals surface area contributed by atoms with E-state index in [0.717, 1.165) is 37.9 Å². The Morgan fingerprint density at radius 3 is 1.34 bits per heavy atom. The summed E-state index contributed by atoms with van der Waals surface area (Å²) in [7, 11) is 0. The van der Waals surface area contributed by atoms with Gasteiger partial charge in [-0.15, -0.1) is 0 Å². The summed E-state index contributed by atoms with van der Waals surface area (Å²) in [5.41, 5.74) is 9.07. The lowest BCUT2D eigenvalue weighted by Gasteiger charge is -2.24. The van der Waals surface area contributed by atoms with Crippen molar-refractivity contribution in [3.8, 4) is 0 Å². The first-order chi connectivity index (χ1) is 20.1. The van der Waals surface area contributed by atoms with Gasteiger partial charge in [0.05, 0.1) is 13.2 Å². The van der Waals surface area contributed by atoms with Crippen LogP contribution in [0.15, 0.2) is 71.8 Å². The Morgan fingerprint density at radius 1 is 0.610 bits per heavy atom. The van der Waals surface area contributed by atoms with E-state index >= 15 is 0 Å². The third-order valence-electron chi connectivity index (χ3n) is 10.1. The fourth-order valence-electron chi connectivity index (χ4n) is 7.19. The summed E-state index contributed by atoms with van der Waals surface area (Å²) in [6.45, 7) is 10.9. The normalized spacial score (nSPS) is 20.8. The van der Waals surface area contributed by atoms with Crippen LogP contribution < -0.4 is 0 Å². The van der Waals surface area contributed by atoms with Crippen LogP contribution in [-0.2, 0) is 17.6 Å². The van der Waals surface area contributed by atoms with E-state index in [4.69, 9.17) is 4.74 Å². The molecule has 1 nitrogen and oxygen atoms in total. The predicted octanol–water partition coefficient (Wildman–Crippen LogP) is 11.5. The molecule has 4 rings (SSSR count). The van der Waals surface area contributed by atoms with Crippen LogP contribution in [0.4, 0.5) is 0 Å². The van der Waals surface area contributed by atoms with Crippen molar-refractivity contribution in [2.45, 2.75) is 129 Å². The highest BCUT2D eigenvalue weighted by atomic mass is 16.5. The SMILES string of the molecule is CCCC(CC)Cc1ccc(C2CC=C(COCC3=CCC(c4ccc(CC(CC)CCC)cc4)CC3)CC2)cc1. The number of hydrogen-bond donors (Lipinski definition) is 0. The maximum Gasteiger partial charge on any atom is 0.0681 e. The second kappa shape index (κ2) is 17.1. The first kappa shape index (κ1) is 31.8. The molecular formula is C40H58O. The van der Waals surface area contributed by atoms with Gasteiger partial charge in [-0.25, -0.2) is 0 Å². The number of benzene rings is 2. The molecule has 0 bridgehead atoms. The highest BCUT2D eigenvalue weighted by Gasteiger charge is 2.19. The molecule has 0 fully saturated rings. The van der Waals surface area contributed by atoms with Gasteiger partial charge in [-0.2, -0.15) is 0 Å². The van der Waals surface area contributed by atoms with Gasteiger partial charge in [0.2, 0.25) is 0 Å². The maximum atomic E-state index is 6.22. The van der Waals surface area contributed by atoms with E-state index in [1.54, 1.807) is 0 Å². The Labute approximate surface area is 252 Å². The van der Waals surface area contributed by atoms with Crippen molar-refractivity contribution in [1.29, 1.82) is 0 Å². The summed E-state index contributed by atoms with van der Waals surface area (Å²) in [5.74, 6) is 3.01. The molecular weight excluding hydrogens is 496 g/mol. The molecule has 0 spiro atoms. The molecule has 41 heavy (non-hydrogen) atoms. The number of ether oxygens (including phenoxy) is 1. The first-order valence-corrected chi connectivity index (χ1v) is 17.2. The smallest absolute Gasteiger partial charge is 0.0681 e. The van der Waals surface area contributed by atoms with Gasteiger partial charge in [0.1, 0.15) is 0 Å². The molecule has 0 amide bonds. The molecule has 0 saturated carbocycles. The van der Waals surface area contributed by atoms with E-state index in [0.29, 0.717) is 11.8 Å². The third kappa shape index (κ3) is 9.99. The molecule has 2 aliphatic rings. The molecule has 0 aliphatic heterocycles. The van der Waals surface area contributed by atoms with Gasteiger partial charge in [-0.05, 0) is 108 Å². The summed E-state index contributed by atoms with van der Waals surface area (Å²) in [6.07, 6.45) is 22.5. The highest BCUT2D eigenvalue weighted by Crippen LogP contribution is 2.34. The molecule has 2 aromatic carbocycles. The number of hydrogen-bond acceptors (Lipinski definition) is 1. The van der Waals surface area contributed by atoms with E-state index in [-0.39, 0.29) is 0 Å². The second-order valence-corrected chi connectivity index (χ2v) is 13.2. The van der Waals surface area contributed by atoms with E-state index in [9.17, 15) is 0 Å². The maximum absolute atomic E-state index is 6.22. The van der Waals surface area contributed by atoms with Crippen LogP contribution in [0.25, 0.3) is 0 Å². The van der Waals surface area contributed by atoms with Crippen LogP contribution >= 0.6 is 0 Å². The zero-order chi connectivity index (χ0) is 28.9. The van der Waals surface area contributed by atoms with Crippen LogP contribution in [0.5, 0.6) is 0 Å². The molecule has 4 unspecified atom stereocenters. The summed E-state index contributed by atoms with van der Waals surface area (Å²) in [5, 5.41) is 0. The van der Waals surface area contributed by atoms with Gasteiger partial charge in [0.25, 0.3) is 0 Å². The molecule has 0 N–H and O–H groups in total. The minimum absolute atomic E-state index is 0.668. The Hall–Kier alpha value is -2.12. The molecule has 0 saturated heterocycles. The van der Waals surface area contributed by atoms with Crippen molar-refractivity contribution >= 4 is 0 Å². The second-order valence-electron chi connectivity index (χ2n) is 13.2. The Balaban J connectivity index is 1.16. The Kier molecular flexibility index (Phi) is 13.3. The molecule has 0 heterocycles.